The van der Waals surface area contributed by atoms with Gasteiger partial charge in [-0.05, 0) is 24.6 Å². The van der Waals surface area contributed by atoms with E-state index >= 15 is 0 Å². The van der Waals surface area contributed by atoms with Crippen molar-refractivity contribution in [3.05, 3.63) is 48.0 Å². The SMILES string of the molecule is Cc1cc[c]c2c1sc1ccccc12. The predicted molar refractivity (Wildman–Crippen MR) is 62.9 cm³/mol. The minimum Gasteiger partial charge on any atom is -0.135 e. The maximum absolute atomic E-state index is 3.33. The van der Waals surface area contributed by atoms with Crippen molar-refractivity contribution in [2.45, 2.75) is 6.92 Å². The highest BCUT2D eigenvalue weighted by Crippen LogP contribution is 2.34. The maximum atomic E-state index is 3.33. The van der Waals surface area contributed by atoms with E-state index in [4.69, 9.17) is 0 Å². The van der Waals surface area contributed by atoms with Crippen LogP contribution in [0.25, 0.3) is 20.2 Å². The lowest BCUT2D eigenvalue weighted by Gasteiger charge is -1.92. The Bertz CT molecular complexity index is 605. The van der Waals surface area contributed by atoms with Crippen molar-refractivity contribution in [2.24, 2.45) is 0 Å². The molecule has 0 aliphatic heterocycles. The summed E-state index contributed by atoms with van der Waals surface area (Å²) in [5, 5.41) is 2.60. The van der Waals surface area contributed by atoms with Gasteiger partial charge in [-0.2, -0.15) is 0 Å². The molecule has 0 fully saturated rings. The molecule has 0 unspecified atom stereocenters. The Labute approximate surface area is 86.8 Å². The van der Waals surface area contributed by atoms with Gasteiger partial charge in [-0.15, -0.1) is 11.3 Å². The van der Waals surface area contributed by atoms with Gasteiger partial charge in [-0.1, -0.05) is 30.3 Å². The maximum Gasteiger partial charge on any atom is 0.0390 e. The molecule has 0 spiro atoms. The van der Waals surface area contributed by atoms with Crippen LogP contribution < -0.4 is 0 Å². The molecular weight excluding hydrogens is 188 g/mol. The van der Waals surface area contributed by atoms with Crippen LogP contribution in [0.2, 0.25) is 0 Å². The average Bonchev–Trinajstić information content (AvgIpc) is 2.59. The Balaban J connectivity index is 2.63. The number of thiophene rings is 1. The van der Waals surface area contributed by atoms with Gasteiger partial charge < -0.3 is 0 Å². The molecule has 0 N–H and O–H groups in total. The van der Waals surface area contributed by atoms with Gasteiger partial charge in [0.15, 0.2) is 0 Å². The van der Waals surface area contributed by atoms with Crippen molar-refractivity contribution in [3.8, 4) is 0 Å². The van der Waals surface area contributed by atoms with Crippen LogP contribution in [0.5, 0.6) is 0 Å². The summed E-state index contributed by atoms with van der Waals surface area (Å²) in [6, 6.07) is 16.0. The normalized spacial score (nSPS) is 11.2. The second-order valence-electron chi connectivity index (χ2n) is 3.46. The fraction of sp³-hybridized carbons (Fsp3) is 0.0769. The molecule has 0 atom stereocenters. The summed E-state index contributed by atoms with van der Waals surface area (Å²) in [6.07, 6.45) is 0. The predicted octanol–water partition coefficient (Wildman–Crippen LogP) is 4.16. The largest absolute Gasteiger partial charge is 0.135 e. The second-order valence-corrected chi connectivity index (χ2v) is 4.52. The molecule has 1 aromatic heterocycles. The molecule has 3 aromatic rings. The van der Waals surface area contributed by atoms with Crippen LogP contribution in [0.4, 0.5) is 0 Å². The van der Waals surface area contributed by atoms with Crippen LogP contribution in [0.3, 0.4) is 0 Å². The summed E-state index contributed by atoms with van der Waals surface area (Å²) in [5.74, 6) is 0. The summed E-state index contributed by atoms with van der Waals surface area (Å²) >= 11 is 1.86. The molecule has 67 valence electrons. The van der Waals surface area contributed by atoms with E-state index in [-0.39, 0.29) is 0 Å². The van der Waals surface area contributed by atoms with Gasteiger partial charge in [0, 0.05) is 20.2 Å². The first-order valence-corrected chi connectivity index (χ1v) is 5.46. The number of rotatable bonds is 0. The molecule has 0 bridgehead atoms. The summed E-state index contributed by atoms with van der Waals surface area (Å²) < 4.78 is 2.72. The highest BCUT2D eigenvalue weighted by Gasteiger charge is 2.04. The molecule has 1 heteroatoms. The number of aryl methyl sites for hydroxylation is 1. The quantitative estimate of drug-likeness (QED) is 0.507. The number of fused-ring (bicyclic) bond motifs is 3. The second kappa shape index (κ2) is 2.82. The summed E-state index contributed by atoms with van der Waals surface area (Å²) in [6.45, 7) is 2.16. The lowest BCUT2D eigenvalue weighted by atomic mass is 10.1. The zero-order chi connectivity index (χ0) is 9.54. The Morgan fingerprint density at radius 3 is 2.93 bits per heavy atom. The van der Waals surface area contributed by atoms with E-state index in [1.807, 2.05) is 17.4 Å². The minimum absolute atomic E-state index is 1.27. The summed E-state index contributed by atoms with van der Waals surface area (Å²) in [5.41, 5.74) is 1.35. The molecule has 1 radical (unpaired) electrons. The molecule has 2 aromatic carbocycles. The van der Waals surface area contributed by atoms with Crippen LogP contribution in [0, 0.1) is 13.0 Å². The molecule has 0 aliphatic rings. The van der Waals surface area contributed by atoms with E-state index in [9.17, 15) is 0 Å². The van der Waals surface area contributed by atoms with E-state index in [1.165, 1.54) is 25.7 Å². The molecule has 14 heavy (non-hydrogen) atoms. The van der Waals surface area contributed by atoms with Gasteiger partial charge in [-0.25, -0.2) is 0 Å². The molecular formula is C13H9S. The molecule has 0 nitrogen and oxygen atoms in total. The van der Waals surface area contributed by atoms with Crippen LogP contribution in [0.15, 0.2) is 36.4 Å². The molecule has 0 aliphatic carbocycles. The molecule has 0 saturated heterocycles. The van der Waals surface area contributed by atoms with Crippen molar-refractivity contribution in [1.82, 2.24) is 0 Å². The Morgan fingerprint density at radius 2 is 2.00 bits per heavy atom. The van der Waals surface area contributed by atoms with Crippen LogP contribution in [0.1, 0.15) is 5.56 Å². The highest BCUT2D eigenvalue weighted by atomic mass is 32.1. The van der Waals surface area contributed by atoms with Gasteiger partial charge >= 0.3 is 0 Å². The fourth-order valence-corrected chi connectivity index (χ4v) is 2.94. The first-order chi connectivity index (χ1) is 6.86. The van der Waals surface area contributed by atoms with Gasteiger partial charge in [-0.3, -0.25) is 0 Å². The molecule has 0 amide bonds. The van der Waals surface area contributed by atoms with E-state index in [0.717, 1.165) is 0 Å². The van der Waals surface area contributed by atoms with E-state index in [0.29, 0.717) is 0 Å². The Morgan fingerprint density at radius 1 is 1.14 bits per heavy atom. The fourth-order valence-electron chi connectivity index (χ4n) is 1.79. The zero-order valence-electron chi connectivity index (χ0n) is 7.87. The Hall–Kier alpha value is -1.34. The van der Waals surface area contributed by atoms with Crippen molar-refractivity contribution >= 4 is 31.5 Å². The van der Waals surface area contributed by atoms with Crippen LogP contribution in [-0.2, 0) is 0 Å². The number of hydrogen-bond acceptors (Lipinski definition) is 1. The van der Waals surface area contributed by atoms with Gasteiger partial charge in [0.1, 0.15) is 0 Å². The third kappa shape index (κ3) is 0.992. The van der Waals surface area contributed by atoms with Crippen molar-refractivity contribution in [2.75, 3.05) is 0 Å². The van der Waals surface area contributed by atoms with Crippen molar-refractivity contribution < 1.29 is 0 Å². The van der Waals surface area contributed by atoms with Gasteiger partial charge in [0.25, 0.3) is 0 Å². The smallest absolute Gasteiger partial charge is 0.0390 e. The first-order valence-electron chi connectivity index (χ1n) is 4.65. The van der Waals surface area contributed by atoms with Crippen molar-refractivity contribution in [1.29, 1.82) is 0 Å². The zero-order valence-corrected chi connectivity index (χ0v) is 8.69. The third-order valence-electron chi connectivity index (χ3n) is 2.51. The van der Waals surface area contributed by atoms with Gasteiger partial charge in [0.05, 0.1) is 0 Å². The lowest BCUT2D eigenvalue weighted by molar-refractivity contribution is 1.56. The third-order valence-corrected chi connectivity index (χ3v) is 3.82. The van der Waals surface area contributed by atoms with E-state index in [1.54, 1.807) is 0 Å². The molecule has 3 rings (SSSR count). The monoisotopic (exact) mass is 197 g/mol. The van der Waals surface area contributed by atoms with Crippen LogP contribution in [-0.4, -0.2) is 0 Å². The number of hydrogen-bond donors (Lipinski definition) is 0. The van der Waals surface area contributed by atoms with E-state index in [2.05, 4.69) is 43.3 Å². The summed E-state index contributed by atoms with van der Waals surface area (Å²) in [4.78, 5) is 0. The minimum atomic E-state index is 1.27. The standard InChI is InChI=1S/C13H9S/c1-9-5-4-7-11-10-6-2-3-8-12(10)14-13(9)11/h2-6,8H,1H3. The molecule has 0 saturated carbocycles. The van der Waals surface area contributed by atoms with Crippen LogP contribution >= 0.6 is 11.3 Å². The average molecular weight is 197 g/mol. The summed E-state index contributed by atoms with van der Waals surface area (Å²) in [7, 11) is 0. The highest BCUT2D eigenvalue weighted by molar-refractivity contribution is 7.26. The first kappa shape index (κ1) is 8.01. The lowest BCUT2D eigenvalue weighted by Crippen LogP contribution is -1.70. The topological polar surface area (TPSA) is 0 Å². The number of benzene rings is 2. The Kier molecular flexibility index (Phi) is 1.62. The van der Waals surface area contributed by atoms with Crippen molar-refractivity contribution in [3.63, 3.8) is 0 Å². The van der Waals surface area contributed by atoms with E-state index < -0.39 is 0 Å². The van der Waals surface area contributed by atoms with Gasteiger partial charge in [0.2, 0.25) is 0 Å². The molecule has 1 heterocycles.